The minimum Gasteiger partial charge on any atom is -0.444 e. The van der Waals surface area contributed by atoms with Crippen molar-refractivity contribution >= 4 is 17.7 Å². The summed E-state index contributed by atoms with van der Waals surface area (Å²) in [4.78, 5) is 33.8. The van der Waals surface area contributed by atoms with Gasteiger partial charge in [0.1, 0.15) is 5.60 Å². The standard InChI is InChI=1S/C15H21N3O5/c1-15(2,3)23-14(20)17-9-12(13(19)16-4)10-5-7-11(8-6-10)18(21)22/h5-8,12H,9H2,1-4H3,(H,16,19)(H,17,20)/t12-/m0/s1. The Balaban J connectivity index is 2.83. The van der Waals surface area contributed by atoms with Crippen molar-refractivity contribution in [2.75, 3.05) is 13.6 Å². The van der Waals surface area contributed by atoms with E-state index in [4.69, 9.17) is 4.74 Å². The molecule has 2 N–H and O–H groups in total. The number of amides is 2. The molecule has 1 rings (SSSR count). The third-order valence-corrected chi connectivity index (χ3v) is 2.92. The van der Waals surface area contributed by atoms with E-state index < -0.39 is 22.5 Å². The number of hydrogen-bond acceptors (Lipinski definition) is 5. The van der Waals surface area contributed by atoms with E-state index in [1.807, 2.05) is 0 Å². The van der Waals surface area contributed by atoms with Crippen LogP contribution < -0.4 is 10.6 Å². The quantitative estimate of drug-likeness (QED) is 0.635. The first kappa shape index (κ1) is 18.4. The molecular weight excluding hydrogens is 302 g/mol. The van der Waals surface area contributed by atoms with Crippen LogP contribution in [0, 0.1) is 10.1 Å². The molecular formula is C15H21N3O5. The van der Waals surface area contributed by atoms with E-state index in [0.717, 1.165) is 0 Å². The minimum absolute atomic E-state index is 0.0202. The largest absolute Gasteiger partial charge is 0.444 e. The zero-order chi connectivity index (χ0) is 17.6. The molecule has 0 aliphatic rings. The van der Waals surface area contributed by atoms with Gasteiger partial charge < -0.3 is 15.4 Å². The summed E-state index contributed by atoms with van der Waals surface area (Å²) < 4.78 is 5.12. The Morgan fingerprint density at radius 2 is 1.83 bits per heavy atom. The number of nitro groups is 1. The number of ether oxygens (including phenoxy) is 1. The Hall–Kier alpha value is -2.64. The molecule has 1 aromatic carbocycles. The Bertz CT molecular complexity index is 578. The van der Waals surface area contributed by atoms with Gasteiger partial charge in [-0.15, -0.1) is 0 Å². The van der Waals surface area contributed by atoms with Crippen molar-refractivity contribution in [2.24, 2.45) is 0 Å². The highest BCUT2D eigenvalue weighted by molar-refractivity contribution is 5.84. The first-order valence-corrected chi connectivity index (χ1v) is 7.07. The topological polar surface area (TPSA) is 111 Å². The van der Waals surface area contributed by atoms with Gasteiger partial charge in [0.25, 0.3) is 5.69 Å². The lowest BCUT2D eigenvalue weighted by atomic mass is 9.98. The number of alkyl carbamates (subject to hydrolysis) is 1. The number of non-ortho nitro benzene ring substituents is 1. The van der Waals surface area contributed by atoms with Crippen LogP contribution in [0.25, 0.3) is 0 Å². The predicted molar refractivity (Wildman–Crippen MR) is 84.1 cm³/mol. The van der Waals surface area contributed by atoms with Crippen LogP contribution in [-0.2, 0) is 9.53 Å². The van der Waals surface area contributed by atoms with Gasteiger partial charge in [-0.05, 0) is 26.3 Å². The number of nitro benzene ring substituents is 1. The van der Waals surface area contributed by atoms with Crippen molar-refractivity contribution < 1.29 is 19.2 Å². The van der Waals surface area contributed by atoms with Crippen LogP contribution in [0.5, 0.6) is 0 Å². The molecule has 1 atom stereocenters. The second-order valence-electron chi connectivity index (χ2n) is 5.90. The number of nitrogens with zero attached hydrogens (tertiary/aromatic N) is 1. The zero-order valence-corrected chi connectivity index (χ0v) is 13.6. The van der Waals surface area contributed by atoms with E-state index in [9.17, 15) is 19.7 Å². The maximum atomic E-state index is 12.0. The fourth-order valence-corrected chi connectivity index (χ4v) is 1.86. The molecule has 8 heteroatoms. The predicted octanol–water partition coefficient (Wildman–Crippen LogP) is 1.95. The lowest BCUT2D eigenvalue weighted by Crippen LogP contribution is -2.38. The fourth-order valence-electron chi connectivity index (χ4n) is 1.86. The molecule has 0 aliphatic heterocycles. The summed E-state index contributed by atoms with van der Waals surface area (Å²) >= 11 is 0. The van der Waals surface area contributed by atoms with Crippen molar-refractivity contribution in [1.29, 1.82) is 0 Å². The summed E-state index contributed by atoms with van der Waals surface area (Å²) in [7, 11) is 1.48. The van der Waals surface area contributed by atoms with Gasteiger partial charge in [0.2, 0.25) is 5.91 Å². The van der Waals surface area contributed by atoms with E-state index in [2.05, 4.69) is 10.6 Å². The smallest absolute Gasteiger partial charge is 0.407 e. The molecule has 0 heterocycles. The van der Waals surface area contributed by atoms with Crippen molar-refractivity contribution in [2.45, 2.75) is 32.3 Å². The normalized spacial score (nSPS) is 12.2. The van der Waals surface area contributed by atoms with E-state index in [-0.39, 0.29) is 18.1 Å². The summed E-state index contributed by atoms with van der Waals surface area (Å²) in [5.41, 5.74) is -0.143. The van der Waals surface area contributed by atoms with Crippen molar-refractivity contribution in [1.82, 2.24) is 10.6 Å². The molecule has 8 nitrogen and oxygen atoms in total. The SMILES string of the molecule is CNC(=O)[C@@H](CNC(=O)OC(C)(C)C)c1ccc([N+](=O)[O-])cc1. The number of hydrogen-bond donors (Lipinski definition) is 2. The second kappa shape index (κ2) is 7.57. The minimum atomic E-state index is -0.673. The molecule has 0 saturated carbocycles. The summed E-state index contributed by atoms with van der Waals surface area (Å²) in [6.45, 7) is 5.23. The van der Waals surface area contributed by atoms with Gasteiger partial charge in [-0.2, -0.15) is 0 Å². The van der Waals surface area contributed by atoms with Crippen molar-refractivity contribution in [3.8, 4) is 0 Å². The molecule has 0 fully saturated rings. The van der Waals surface area contributed by atoms with Crippen molar-refractivity contribution in [3.05, 3.63) is 39.9 Å². The molecule has 126 valence electrons. The molecule has 23 heavy (non-hydrogen) atoms. The highest BCUT2D eigenvalue weighted by Gasteiger charge is 2.23. The number of rotatable bonds is 5. The highest BCUT2D eigenvalue weighted by Crippen LogP contribution is 2.19. The van der Waals surface area contributed by atoms with Gasteiger partial charge in [0.05, 0.1) is 10.8 Å². The van der Waals surface area contributed by atoms with Gasteiger partial charge in [-0.25, -0.2) is 4.79 Å². The number of likely N-dealkylation sites (N-methyl/N-ethyl adjacent to an activating group) is 1. The average Bonchev–Trinajstić information content (AvgIpc) is 2.45. The Kier molecular flexibility index (Phi) is 6.06. The first-order valence-electron chi connectivity index (χ1n) is 7.07. The molecule has 0 aromatic heterocycles. The van der Waals surface area contributed by atoms with E-state index in [0.29, 0.717) is 5.56 Å². The van der Waals surface area contributed by atoms with Gasteiger partial charge in [-0.3, -0.25) is 14.9 Å². The van der Waals surface area contributed by atoms with Crippen molar-refractivity contribution in [3.63, 3.8) is 0 Å². The van der Waals surface area contributed by atoms with Crippen LogP contribution in [0.3, 0.4) is 0 Å². The zero-order valence-electron chi connectivity index (χ0n) is 13.6. The molecule has 0 unspecified atom stereocenters. The lowest BCUT2D eigenvalue weighted by molar-refractivity contribution is -0.384. The fraction of sp³-hybridized carbons (Fsp3) is 0.467. The van der Waals surface area contributed by atoms with E-state index in [1.54, 1.807) is 20.8 Å². The first-order chi connectivity index (χ1) is 10.6. The van der Waals surface area contributed by atoms with Crippen LogP contribution >= 0.6 is 0 Å². The Morgan fingerprint density at radius 3 is 2.26 bits per heavy atom. The lowest BCUT2D eigenvalue weighted by Gasteiger charge is -2.21. The molecule has 0 aliphatic carbocycles. The molecule has 1 aromatic rings. The maximum Gasteiger partial charge on any atom is 0.407 e. The highest BCUT2D eigenvalue weighted by atomic mass is 16.6. The molecule has 0 saturated heterocycles. The third kappa shape index (κ3) is 5.93. The van der Waals surface area contributed by atoms with Gasteiger partial charge >= 0.3 is 6.09 Å². The van der Waals surface area contributed by atoms with Gasteiger partial charge in [-0.1, -0.05) is 12.1 Å². The number of carbonyl (C=O) groups is 2. The molecule has 0 bridgehead atoms. The van der Waals surface area contributed by atoms with Gasteiger partial charge in [0.15, 0.2) is 0 Å². The van der Waals surface area contributed by atoms with E-state index >= 15 is 0 Å². The van der Waals surface area contributed by atoms with Crippen LogP contribution in [0.4, 0.5) is 10.5 Å². The summed E-state index contributed by atoms with van der Waals surface area (Å²) in [6.07, 6.45) is -0.631. The maximum absolute atomic E-state index is 12.0. The monoisotopic (exact) mass is 323 g/mol. The van der Waals surface area contributed by atoms with Crippen LogP contribution in [0.1, 0.15) is 32.3 Å². The van der Waals surface area contributed by atoms with E-state index in [1.165, 1.54) is 31.3 Å². The number of carbonyl (C=O) groups excluding carboxylic acids is 2. The van der Waals surface area contributed by atoms with Crippen LogP contribution in [0.15, 0.2) is 24.3 Å². The Labute approximate surface area is 134 Å². The third-order valence-electron chi connectivity index (χ3n) is 2.92. The molecule has 0 spiro atoms. The number of benzene rings is 1. The summed E-state index contributed by atoms with van der Waals surface area (Å²) in [5.74, 6) is -0.983. The van der Waals surface area contributed by atoms with Crippen LogP contribution in [0.2, 0.25) is 0 Å². The van der Waals surface area contributed by atoms with Gasteiger partial charge in [0, 0.05) is 25.7 Å². The number of nitrogens with one attached hydrogen (secondary N) is 2. The van der Waals surface area contributed by atoms with Crippen LogP contribution in [-0.4, -0.2) is 36.1 Å². The summed E-state index contributed by atoms with van der Waals surface area (Å²) in [6, 6.07) is 5.63. The second-order valence-corrected chi connectivity index (χ2v) is 5.90. The molecule has 0 radical (unpaired) electrons. The summed E-state index contributed by atoms with van der Waals surface area (Å²) in [5, 5.41) is 15.7. The molecule has 2 amide bonds. The average molecular weight is 323 g/mol. The Morgan fingerprint density at radius 1 is 1.26 bits per heavy atom.